The normalized spacial score (nSPS) is 12.2. The predicted octanol–water partition coefficient (Wildman–Crippen LogP) is 13.3. The number of ether oxygens (including phenoxy) is 4. The summed E-state index contributed by atoms with van der Waals surface area (Å²) in [6.45, 7) is 23.4. The summed E-state index contributed by atoms with van der Waals surface area (Å²) in [4.78, 5) is 45.8. The molecule has 0 amide bonds. The fraction of sp³-hybridized carbons (Fsp3) is 0.296. The van der Waals surface area contributed by atoms with Crippen molar-refractivity contribution >= 4 is 73.0 Å². The van der Waals surface area contributed by atoms with Gasteiger partial charge in [-0.3, -0.25) is 4.79 Å². The van der Waals surface area contributed by atoms with E-state index in [0.717, 1.165) is 42.7 Å². The third-order valence-electron chi connectivity index (χ3n) is 10.7. The molecule has 69 heavy (non-hydrogen) atoms. The predicted molar refractivity (Wildman–Crippen MR) is 270 cm³/mol. The molecule has 0 aliphatic rings. The van der Waals surface area contributed by atoms with Crippen molar-refractivity contribution in [1.29, 1.82) is 0 Å². The van der Waals surface area contributed by atoms with Crippen LogP contribution in [0.15, 0.2) is 109 Å². The van der Waals surface area contributed by atoms with E-state index in [0.29, 0.717) is 39.8 Å². The van der Waals surface area contributed by atoms with Crippen LogP contribution in [0.25, 0.3) is 65.0 Å². The molecule has 4 aromatic heterocycles. The van der Waals surface area contributed by atoms with Crippen LogP contribution in [0.3, 0.4) is 0 Å². The second-order valence-electron chi connectivity index (χ2n) is 20.7. The summed E-state index contributed by atoms with van der Waals surface area (Å²) in [5, 5.41) is 20.5. The molecule has 0 aliphatic carbocycles. The molecule has 4 heterocycles. The third-order valence-corrected chi connectivity index (χ3v) is 11.9. The molecule has 9 aromatic rings. The summed E-state index contributed by atoms with van der Waals surface area (Å²) in [5.41, 5.74) is 5.84. The van der Waals surface area contributed by atoms with Crippen LogP contribution in [0.1, 0.15) is 105 Å². The Morgan fingerprint density at radius 1 is 0.551 bits per heavy atom. The summed E-state index contributed by atoms with van der Waals surface area (Å²) < 4.78 is 23.1. The van der Waals surface area contributed by atoms with E-state index in [9.17, 15) is 14.4 Å². The van der Waals surface area contributed by atoms with Gasteiger partial charge in [-0.15, -0.1) is 41.3 Å². The molecule has 0 atom stereocenters. The lowest BCUT2D eigenvalue weighted by Crippen LogP contribution is -2.26. The van der Waals surface area contributed by atoms with E-state index in [2.05, 4.69) is 61.9 Å². The Hall–Kier alpha value is -7.52. The Labute approximate surface area is 404 Å². The summed E-state index contributed by atoms with van der Waals surface area (Å²) in [6.07, 6.45) is -0.923. The molecule has 0 fully saturated rings. The molecule has 0 radical (unpaired) electrons. The molecule has 354 valence electrons. The minimum atomic E-state index is -0.909. The smallest absolute Gasteiger partial charge is 0.428 e. The fourth-order valence-electron chi connectivity index (χ4n) is 7.26. The van der Waals surface area contributed by atoms with Gasteiger partial charge >= 0.3 is 12.3 Å². The highest BCUT2D eigenvalue weighted by molar-refractivity contribution is 7.22. The van der Waals surface area contributed by atoms with E-state index >= 15 is 0 Å². The zero-order chi connectivity index (χ0) is 49.6. The van der Waals surface area contributed by atoms with Gasteiger partial charge in [0.1, 0.15) is 44.6 Å². The minimum Gasteiger partial charge on any atom is -0.428 e. The molecule has 0 saturated heterocycles. The van der Waals surface area contributed by atoms with E-state index in [4.69, 9.17) is 23.9 Å². The van der Waals surface area contributed by atoms with E-state index < -0.39 is 23.5 Å². The zero-order valence-corrected chi connectivity index (χ0v) is 41.7. The van der Waals surface area contributed by atoms with Crippen LogP contribution in [0.5, 0.6) is 11.5 Å². The number of carbonyl (C=O) groups is 3. The average Bonchev–Trinajstić information content (AvgIpc) is 3.99. The van der Waals surface area contributed by atoms with Crippen molar-refractivity contribution in [3.63, 3.8) is 0 Å². The Balaban J connectivity index is 0.000000204. The van der Waals surface area contributed by atoms with Crippen molar-refractivity contribution in [2.24, 2.45) is 0 Å². The van der Waals surface area contributed by atoms with Crippen molar-refractivity contribution in [2.75, 3.05) is 0 Å². The Kier molecular flexibility index (Phi) is 12.6. The van der Waals surface area contributed by atoms with Crippen LogP contribution in [0, 0.1) is 0 Å². The highest BCUT2D eigenvalue weighted by Gasteiger charge is 2.26. The first-order valence-electron chi connectivity index (χ1n) is 22.5. The molecule has 0 saturated carbocycles. The van der Waals surface area contributed by atoms with Crippen molar-refractivity contribution in [1.82, 2.24) is 35.0 Å². The molecular formula is C54H55N7O7S. The zero-order valence-electron chi connectivity index (χ0n) is 40.9. The largest absolute Gasteiger partial charge is 0.514 e. The fourth-order valence-corrected chi connectivity index (χ4v) is 8.36. The van der Waals surface area contributed by atoms with Crippen LogP contribution in [-0.4, -0.2) is 64.8 Å². The number of pyridine rings is 1. The molecule has 15 heteroatoms. The van der Waals surface area contributed by atoms with E-state index in [1.54, 1.807) is 38.2 Å². The monoisotopic (exact) mass is 945 g/mol. The first kappa shape index (κ1) is 48.0. The van der Waals surface area contributed by atoms with Gasteiger partial charge in [0.15, 0.2) is 17.8 Å². The van der Waals surface area contributed by atoms with Crippen LogP contribution in [0.4, 0.5) is 9.59 Å². The number of fused-ring (bicyclic) bond motifs is 4. The van der Waals surface area contributed by atoms with Crippen molar-refractivity contribution < 1.29 is 33.3 Å². The minimum absolute atomic E-state index is 0.0735. The number of aldehydes is 1. The number of hydrogen-bond donors (Lipinski definition) is 0. The first-order chi connectivity index (χ1) is 32.4. The molecule has 0 N–H and O–H groups in total. The van der Waals surface area contributed by atoms with Gasteiger partial charge < -0.3 is 18.9 Å². The van der Waals surface area contributed by atoms with Gasteiger partial charge in [-0.05, 0) is 118 Å². The summed E-state index contributed by atoms with van der Waals surface area (Å²) in [5.74, 6) is 0.575. The summed E-state index contributed by atoms with van der Waals surface area (Å²) in [6, 6.07) is 34.6. The molecule has 9 rings (SSSR count). The average molecular weight is 946 g/mol. The molecule has 0 aliphatic heterocycles. The van der Waals surface area contributed by atoms with Gasteiger partial charge in [0, 0.05) is 27.1 Å². The molecule has 0 bridgehead atoms. The SMILES string of the molecule is CC(C)(C)OC(=O)Oc1c(-c2ccc3ccccc3n2)sc2ccccc12.CC(C)(C)OC(=O)Oc1cc(-n2nc3ccc(C(C)(C)C)cc3n2)c(C=O)cc1-n1nc2ccc(C(C)(C)C)cc2n1. The number of rotatable bonds is 6. The lowest BCUT2D eigenvalue weighted by atomic mass is 9.87. The number of carbonyl (C=O) groups excluding carboxylic acids is 3. The topological polar surface area (TPSA) is 162 Å². The molecular weight excluding hydrogens is 891 g/mol. The van der Waals surface area contributed by atoms with Gasteiger partial charge in [0.25, 0.3) is 0 Å². The number of benzene rings is 5. The van der Waals surface area contributed by atoms with Crippen molar-refractivity contribution in [2.45, 2.75) is 105 Å². The van der Waals surface area contributed by atoms with Gasteiger partial charge in [-0.25, -0.2) is 14.6 Å². The lowest BCUT2D eigenvalue weighted by molar-refractivity contribution is 0.0195. The third kappa shape index (κ3) is 10.9. The van der Waals surface area contributed by atoms with Gasteiger partial charge in [0.2, 0.25) is 0 Å². The van der Waals surface area contributed by atoms with Crippen LogP contribution in [0.2, 0.25) is 0 Å². The molecule has 0 unspecified atom stereocenters. The Bertz CT molecular complexity index is 3420. The molecule has 5 aromatic carbocycles. The van der Waals surface area contributed by atoms with Crippen molar-refractivity contribution in [3.05, 3.63) is 126 Å². The maximum atomic E-state index is 12.8. The molecule has 14 nitrogen and oxygen atoms in total. The van der Waals surface area contributed by atoms with Crippen molar-refractivity contribution in [3.8, 4) is 33.4 Å². The van der Waals surface area contributed by atoms with Crippen LogP contribution in [-0.2, 0) is 20.3 Å². The Morgan fingerprint density at radius 2 is 1.09 bits per heavy atom. The summed E-state index contributed by atoms with van der Waals surface area (Å²) >= 11 is 1.55. The quantitative estimate of drug-likeness (QED) is 0.0882. The second-order valence-corrected chi connectivity index (χ2v) is 21.7. The van der Waals surface area contributed by atoms with Crippen LogP contribution >= 0.6 is 11.3 Å². The first-order valence-corrected chi connectivity index (χ1v) is 23.3. The summed E-state index contributed by atoms with van der Waals surface area (Å²) in [7, 11) is 0. The highest BCUT2D eigenvalue weighted by Crippen LogP contribution is 2.44. The standard InChI is InChI=1S/C32H36N6O4.C22H19NO3S/c1-30(2,3)20-10-12-22-24(15-20)35-37(33-22)26-17-28(41-29(40)42-32(7,8)9)27(14-19(26)18-39)38-34-23-13-11-21(31(4,5)6)16-25(23)36-38;1-22(2,3)26-21(24)25-19-15-9-5-7-11-18(15)27-20(19)17-13-12-14-8-4-6-10-16(14)23-17/h10-18H,1-9H3;4-13H,1-3H3. The Morgan fingerprint density at radius 3 is 1.67 bits per heavy atom. The second kappa shape index (κ2) is 18.2. The maximum Gasteiger partial charge on any atom is 0.514 e. The van der Waals surface area contributed by atoms with Gasteiger partial charge in [-0.2, -0.15) is 0 Å². The molecule has 0 spiro atoms. The van der Waals surface area contributed by atoms with Gasteiger partial charge in [0.05, 0.1) is 16.1 Å². The van der Waals surface area contributed by atoms with E-state index in [1.165, 1.54) is 15.7 Å². The number of nitrogens with zero attached hydrogens (tertiary/aromatic N) is 7. The van der Waals surface area contributed by atoms with Gasteiger partial charge in [-0.1, -0.05) is 90.1 Å². The van der Waals surface area contributed by atoms with E-state index in [1.807, 2.05) is 118 Å². The number of thiophene rings is 1. The highest BCUT2D eigenvalue weighted by atomic mass is 32.1. The van der Waals surface area contributed by atoms with Crippen LogP contribution < -0.4 is 9.47 Å². The number of para-hydroxylation sites is 1. The lowest BCUT2D eigenvalue weighted by Gasteiger charge is -2.19. The maximum absolute atomic E-state index is 12.8. The van der Waals surface area contributed by atoms with E-state index in [-0.39, 0.29) is 27.8 Å². The number of aromatic nitrogens is 7. The number of hydrogen-bond acceptors (Lipinski definition) is 13.